The first kappa shape index (κ1) is 20.8. The number of pyridine rings is 1. The van der Waals surface area contributed by atoms with Gasteiger partial charge in [-0.25, -0.2) is 13.2 Å². The maximum atomic E-state index is 13.8. The van der Waals surface area contributed by atoms with Gasteiger partial charge in [-0.15, -0.1) is 0 Å². The van der Waals surface area contributed by atoms with Gasteiger partial charge in [0.2, 0.25) is 5.43 Å². The molecule has 4 rings (SSSR count). The van der Waals surface area contributed by atoms with E-state index in [2.05, 4.69) is 5.32 Å². The molecule has 0 spiro atoms. The van der Waals surface area contributed by atoms with Gasteiger partial charge >= 0.3 is 0 Å². The molecule has 164 valence electrons. The van der Waals surface area contributed by atoms with E-state index >= 15 is 0 Å². The van der Waals surface area contributed by atoms with Crippen molar-refractivity contribution in [3.05, 3.63) is 62.8 Å². The predicted molar refractivity (Wildman–Crippen MR) is 103 cm³/mol. The van der Waals surface area contributed by atoms with Crippen molar-refractivity contribution < 1.29 is 27.9 Å². The van der Waals surface area contributed by atoms with Crippen LogP contribution in [0.15, 0.2) is 23.1 Å². The summed E-state index contributed by atoms with van der Waals surface area (Å²) in [5.74, 6) is -6.86. The van der Waals surface area contributed by atoms with Gasteiger partial charge in [-0.3, -0.25) is 24.1 Å². The second-order valence-electron chi connectivity index (χ2n) is 7.49. The van der Waals surface area contributed by atoms with Crippen LogP contribution in [0.1, 0.15) is 45.7 Å². The first-order chi connectivity index (χ1) is 14.7. The topological polar surface area (TPSA) is 94.9 Å². The Balaban J connectivity index is 1.68. The van der Waals surface area contributed by atoms with Gasteiger partial charge in [-0.1, -0.05) is 6.07 Å². The molecule has 2 aromatic rings. The highest BCUT2D eigenvalue weighted by Gasteiger charge is 2.39. The van der Waals surface area contributed by atoms with E-state index in [1.807, 2.05) is 0 Å². The molecule has 2 N–H and O–H groups in total. The quantitative estimate of drug-likeness (QED) is 0.710. The molecule has 1 aromatic heterocycles. The highest BCUT2D eigenvalue weighted by molar-refractivity contribution is 5.99. The Morgan fingerprint density at radius 3 is 2.68 bits per heavy atom. The van der Waals surface area contributed by atoms with Crippen LogP contribution in [0.5, 0.6) is 5.75 Å². The van der Waals surface area contributed by atoms with Crippen molar-refractivity contribution in [2.75, 3.05) is 18.6 Å². The van der Waals surface area contributed by atoms with E-state index < -0.39 is 52.6 Å². The third kappa shape index (κ3) is 3.29. The number of fused-ring (bicyclic) bond motifs is 3. The molecule has 3 heterocycles. The minimum Gasteiger partial charge on any atom is -0.502 e. The number of carbonyl (C=O) groups excluding carboxylic acids is 2. The van der Waals surface area contributed by atoms with Crippen molar-refractivity contribution in [2.24, 2.45) is 0 Å². The van der Waals surface area contributed by atoms with Crippen LogP contribution in [0.25, 0.3) is 0 Å². The van der Waals surface area contributed by atoms with E-state index in [1.54, 1.807) is 12.1 Å². The van der Waals surface area contributed by atoms with Crippen molar-refractivity contribution in [1.29, 1.82) is 0 Å². The lowest BCUT2D eigenvalue weighted by atomic mass is 10.1. The van der Waals surface area contributed by atoms with E-state index in [4.69, 9.17) is 0 Å². The number of nitrogens with one attached hydrogen (secondary N) is 1. The van der Waals surface area contributed by atoms with Crippen molar-refractivity contribution >= 4 is 11.8 Å². The van der Waals surface area contributed by atoms with Crippen LogP contribution in [-0.4, -0.2) is 46.3 Å². The zero-order valence-corrected chi connectivity index (χ0v) is 16.5. The lowest BCUT2D eigenvalue weighted by Gasteiger charge is -2.47. The molecule has 11 heteroatoms. The van der Waals surface area contributed by atoms with Gasteiger partial charge in [0, 0.05) is 31.9 Å². The van der Waals surface area contributed by atoms with Crippen LogP contribution in [0, 0.1) is 17.5 Å². The first-order valence-corrected chi connectivity index (χ1v) is 9.65. The van der Waals surface area contributed by atoms with Crippen molar-refractivity contribution in [3.63, 3.8) is 0 Å². The van der Waals surface area contributed by atoms with Gasteiger partial charge in [0.05, 0.1) is 0 Å². The summed E-state index contributed by atoms with van der Waals surface area (Å²) in [5, 5.41) is 14.5. The Hall–Kier alpha value is -3.50. The summed E-state index contributed by atoms with van der Waals surface area (Å²) in [6.07, 6.45) is 3.28. The highest BCUT2D eigenvalue weighted by atomic mass is 19.2. The Bertz CT molecular complexity index is 1150. The van der Waals surface area contributed by atoms with Gasteiger partial charge in [0.15, 0.2) is 28.9 Å². The van der Waals surface area contributed by atoms with Crippen molar-refractivity contribution in [3.8, 4) is 5.75 Å². The van der Waals surface area contributed by atoms with Crippen LogP contribution < -0.4 is 15.8 Å². The van der Waals surface area contributed by atoms with Crippen LogP contribution in [0.3, 0.4) is 0 Å². The number of hydrogen-bond acceptors (Lipinski definition) is 5. The molecule has 0 saturated carbocycles. The summed E-state index contributed by atoms with van der Waals surface area (Å²) < 4.78 is 41.6. The molecule has 0 unspecified atom stereocenters. The fraction of sp³-hybridized carbons (Fsp3) is 0.350. The van der Waals surface area contributed by atoms with Crippen LogP contribution in [-0.2, 0) is 6.54 Å². The predicted octanol–water partition coefficient (Wildman–Crippen LogP) is 1.43. The smallest absolute Gasteiger partial charge is 0.277 e. The van der Waals surface area contributed by atoms with E-state index in [0.717, 1.165) is 31.2 Å². The summed E-state index contributed by atoms with van der Waals surface area (Å²) in [5.41, 5.74) is -2.09. The molecule has 0 bridgehead atoms. The average Bonchev–Trinajstić information content (AvgIpc) is 2.77. The third-order valence-electron chi connectivity index (χ3n) is 5.65. The summed E-state index contributed by atoms with van der Waals surface area (Å²) in [6.45, 7) is 0.0244. The van der Waals surface area contributed by atoms with Gasteiger partial charge in [-0.2, -0.15) is 0 Å². The van der Waals surface area contributed by atoms with E-state index in [1.165, 1.54) is 9.58 Å². The zero-order valence-electron chi connectivity index (χ0n) is 16.5. The molecule has 8 nitrogen and oxygen atoms in total. The van der Waals surface area contributed by atoms with Gasteiger partial charge < -0.3 is 15.3 Å². The number of aromatic hydroxyl groups is 1. The number of carbonyl (C=O) groups is 2. The zero-order chi connectivity index (χ0) is 22.4. The molecule has 1 saturated heterocycles. The number of aromatic nitrogens is 1. The minimum atomic E-state index is -1.67. The van der Waals surface area contributed by atoms with E-state index in [-0.39, 0.29) is 17.4 Å². The summed E-state index contributed by atoms with van der Waals surface area (Å²) in [7, 11) is 1.58. The Kier molecular flexibility index (Phi) is 5.11. The number of amides is 2. The van der Waals surface area contributed by atoms with Gasteiger partial charge in [0.25, 0.3) is 11.8 Å². The van der Waals surface area contributed by atoms with E-state index in [9.17, 15) is 32.7 Å². The Morgan fingerprint density at radius 2 is 1.94 bits per heavy atom. The Labute approximate surface area is 174 Å². The Morgan fingerprint density at radius 1 is 1.19 bits per heavy atom. The largest absolute Gasteiger partial charge is 0.502 e. The number of nitrogens with zero attached hydrogens (tertiary/aromatic N) is 3. The summed E-state index contributed by atoms with van der Waals surface area (Å²) in [4.78, 5) is 39.3. The van der Waals surface area contributed by atoms with Crippen molar-refractivity contribution in [1.82, 2.24) is 14.9 Å². The van der Waals surface area contributed by atoms with Crippen LogP contribution >= 0.6 is 0 Å². The van der Waals surface area contributed by atoms with Crippen LogP contribution in [0.4, 0.5) is 13.2 Å². The highest BCUT2D eigenvalue weighted by Crippen LogP contribution is 2.28. The second-order valence-corrected chi connectivity index (χ2v) is 7.49. The number of benzene rings is 1. The molecule has 31 heavy (non-hydrogen) atoms. The van der Waals surface area contributed by atoms with Gasteiger partial charge in [-0.05, 0) is 25.3 Å². The SMILES string of the molecule is CN1C(=O)c2c(O)c(=O)c(C(=O)NCc3ccc(F)c(F)c3F)cn2N2CCCC[C@@H]12. The molecule has 2 aliphatic heterocycles. The molecular formula is C20H19F3N4O4. The number of piperidine rings is 1. The first-order valence-electron chi connectivity index (χ1n) is 9.65. The normalized spacial score (nSPS) is 17.9. The standard InChI is InChI=1S/C20H19F3N4O4/c1-25-13-4-2-3-7-26(13)27-9-11(17(28)18(29)16(27)20(25)31)19(30)24-8-10-5-6-12(21)15(23)14(10)22/h5-6,9,13,29H,2-4,7-8H2,1H3,(H,24,30)/t13-/m0/s1. The maximum Gasteiger partial charge on any atom is 0.277 e. The molecule has 1 aromatic carbocycles. The molecular weight excluding hydrogens is 417 g/mol. The lowest BCUT2D eigenvalue weighted by molar-refractivity contribution is 0.0591. The number of halogens is 3. The second kappa shape index (κ2) is 7.64. The summed E-state index contributed by atoms with van der Waals surface area (Å²) >= 11 is 0. The molecule has 2 aliphatic rings. The summed E-state index contributed by atoms with van der Waals surface area (Å²) in [6, 6.07) is 1.69. The molecule has 1 atom stereocenters. The van der Waals surface area contributed by atoms with Gasteiger partial charge in [0.1, 0.15) is 11.7 Å². The molecule has 0 aliphatic carbocycles. The average molecular weight is 436 g/mol. The maximum absolute atomic E-state index is 13.8. The monoisotopic (exact) mass is 436 g/mol. The lowest BCUT2D eigenvalue weighted by Crippen LogP contribution is -2.61. The fourth-order valence-corrected chi connectivity index (χ4v) is 3.97. The number of rotatable bonds is 3. The third-order valence-corrected chi connectivity index (χ3v) is 5.65. The molecule has 0 radical (unpaired) electrons. The molecule has 1 fully saturated rings. The fourth-order valence-electron chi connectivity index (χ4n) is 3.97. The number of hydrogen-bond donors (Lipinski definition) is 2. The van der Waals surface area contributed by atoms with Crippen LogP contribution in [0.2, 0.25) is 0 Å². The molecule has 2 amide bonds. The van der Waals surface area contributed by atoms with Crippen molar-refractivity contribution in [2.45, 2.75) is 32.0 Å². The van der Waals surface area contributed by atoms with E-state index in [0.29, 0.717) is 13.0 Å². The minimum absolute atomic E-state index is 0.242.